The Balaban J connectivity index is 1.32. The molecule has 30 heavy (non-hydrogen) atoms. The summed E-state index contributed by atoms with van der Waals surface area (Å²) in [6, 6.07) is 16.2. The van der Waals surface area contributed by atoms with E-state index in [1.54, 1.807) is 7.11 Å². The standard InChI is InChI=1S/C23H26N4O2S/c1-17-5-3-4-6-18(17)15-24-22(28)21-16-30-23(25-21)27-13-11-26(12-14-27)19-7-9-20(29-2)10-8-19/h3-10,16H,11-15H2,1-2H3,(H,24,28). The van der Waals surface area contributed by atoms with E-state index in [0.717, 1.165) is 42.6 Å². The predicted molar refractivity (Wildman–Crippen MR) is 122 cm³/mol. The molecular weight excluding hydrogens is 396 g/mol. The second-order valence-corrected chi connectivity index (χ2v) is 8.13. The van der Waals surface area contributed by atoms with Gasteiger partial charge in [0.25, 0.3) is 5.91 Å². The molecule has 1 saturated heterocycles. The number of nitrogens with zero attached hydrogens (tertiary/aromatic N) is 3. The van der Waals surface area contributed by atoms with Crippen LogP contribution in [0.3, 0.4) is 0 Å². The van der Waals surface area contributed by atoms with Gasteiger partial charge in [-0.1, -0.05) is 24.3 Å². The molecular formula is C23H26N4O2S. The van der Waals surface area contributed by atoms with E-state index in [2.05, 4.69) is 32.2 Å². The number of benzene rings is 2. The van der Waals surface area contributed by atoms with Gasteiger partial charge in [0.15, 0.2) is 5.13 Å². The molecule has 156 valence electrons. The van der Waals surface area contributed by atoms with Crippen molar-refractivity contribution in [2.45, 2.75) is 13.5 Å². The monoisotopic (exact) mass is 422 g/mol. The number of carbonyl (C=O) groups excluding carboxylic acids is 1. The molecule has 1 aliphatic heterocycles. The Morgan fingerprint density at radius 2 is 1.77 bits per heavy atom. The molecule has 2 heterocycles. The van der Waals surface area contributed by atoms with Crippen LogP contribution in [-0.4, -0.2) is 44.2 Å². The zero-order chi connectivity index (χ0) is 20.9. The van der Waals surface area contributed by atoms with Crippen LogP contribution in [0, 0.1) is 6.92 Å². The lowest BCUT2D eigenvalue weighted by atomic mass is 10.1. The summed E-state index contributed by atoms with van der Waals surface area (Å²) in [5, 5.41) is 5.73. The highest BCUT2D eigenvalue weighted by Gasteiger charge is 2.21. The normalized spacial score (nSPS) is 13.9. The van der Waals surface area contributed by atoms with E-state index in [1.165, 1.54) is 22.6 Å². The zero-order valence-corrected chi connectivity index (χ0v) is 18.1. The Bertz CT molecular complexity index is 994. The SMILES string of the molecule is COc1ccc(N2CCN(c3nc(C(=O)NCc4ccccc4C)cs3)CC2)cc1. The first-order valence-corrected chi connectivity index (χ1v) is 10.9. The summed E-state index contributed by atoms with van der Waals surface area (Å²) >= 11 is 1.53. The molecule has 1 amide bonds. The van der Waals surface area contributed by atoms with Gasteiger partial charge >= 0.3 is 0 Å². The number of thiazole rings is 1. The van der Waals surface area contributed by atoms with E-state index in [-0.39, 0.29) is 5.91 Å². The quantitative estimate of drug-likeness (QED) is 0.656. The molecule has 0 bridgehead atoms. The van der Waals surface area contributed by atoms with Crippen molar-refractivity contribution in [1.82, 2.24) is 10.3 Å². The average molecular weight is 423 g/mol. The molecule has 1 N–H and O–H groups in total. The molecule has 3 aromatic rings. The molecule has 0 unspecified atom stereocenters. The van der Waals surface area contributed by atoms with Crippen LogP contribution in [0.25, 0.3) is 0 Å². The van der Waals surface area contributed by atoms with Gasteiger partial charge < -0.3 is 19.9 Å². The number of hydrogen-bond acceptors (Lipinski definition) is 6. The number of nitrogens with one attached hydrogen (secondary N) is 1. The molecule has 1 fully saturated rings. The Morgan fingerprint density at radius 3 is 2.47 bits per heavy atom. The van der Waals surface area contributed by atoms with Crippen molar-refractivity contribution in [2.75, 3.05) is 43.1 Å². The van der Waals surface area contributed by atoms with Crippen molar-refractivity contribution in [1.29, 1.82) is 0 Å². The molecule has 6 nitrogen and oxygen atoms in total. The summed E-state index contributed by atoms with van der Waals surface area (Å²) in [5.74, 6) is 0.742. The van der Waals surface area contributed by atoms with Crippen LogP contribution in [0.1, 0.15) is 21.6 Å². The van der Waals surface area contributed by atoms with Gasteiger partial charge in [-0.3, -0.25) is 4.79 Å². The first-order chi connectivity index (χ1) is 14.6. The highest BCUT2D eigenvalue weighted by atomic mass is 32.1. The van der Waals surface area contributed by atoms with Gasteiger partial charge in [-0.05, 0) is 42.3 Å². The van der Waals surface area contributed by atoms with Crippen molar-refractivity contribution >= 4 is 28.1 Å². The second kappa shape index (κ2) is 9.17. The van der Waals surface area contributed by atoms with Gasteiger partial charge in [-0.15, -0.1) is 11.3 Å². The summed E-state index contributed by atoms with van der Waals surface area (Å²) in [6.45, 7) is 6.15. The van der Waals surface area contributed by atoms with Crippen LogP contribution in [0.5, 0.6) is 5.75 Å². The molecule has 0 atom stereocenters. The fourth-order valence-electron chi connectivity index (χ4n) is 3.54. The van der Waals surface area contributed by atoms with E-state index in [0.29, 0.717) is 12.2 Å². The van der Waals surface area contributed by atoms with Crippen LogP contribution in [0.4, 0.5) is 10.8 Å². The molecule has 0 spiro atoms. The van der Waals surface area contributed by atoms with Crippen LogP contribution in [0.2, 0.25) is 0 Å². The van der Waals surface area contributed by atoms with Crippen LogP contribution in [-0.2, 0) is 6.54 Å². The highest BCUT2D eigenvalue weighted by molar-refractivity contribution is 7.13. The summed E-state index contributed by atoms with van der Waals surface area (Å²) < 4.78 is 5.23. The van der Waals surface area contributed by atoms with E-state index < -0.39 is 0 Å². The van der Waals surface area contributed by atoms with Crippen molar-refractivity contribution in [3.8, 4) is 5.75 Å². The Kier molecular flexibility index (Phi) is 6.18. The van der Waals surface area contributed by atoms with Gasteiger partial charge in [-0.2, -0.15) is 0 Å². The summed E-state index contributed by atoms with van der Waals surface area (Å²) in [5.41, 5.74) is 3.98. The maximum Gasteiger partial charge on any atom is 0.271 e. The smallest absolute Gasteiger partial charge is 0.271 e. The van der Waals surface area contributed by atoms with Crippen molar-refractivity contribution in [3.05, 3.63) is 70.7 Å². The van der Waals surface area contributed by atoms with Gasteiger partial charge in [0.1, 0.15) is 11.4 Å². The number of aromatic nitrogens is 1. The number of ether oxygens (including phenoxy) is 1. The third-order valence-electron chi connectivity index (χ3n) is 5.41. The van der Waals surface area contributed by atoms with Gasteiger partial charge in [-0.25, -0.2) is 4.98 Å². The lowest BCUT2D eigenvalue weighted by Crippen LogP contribution is -2.46. The molecule has 7 heteroatoms. The molecule has 2 aromatic carbocycles. The third-order valence-corrected chi connectivity index (χ3v) is 6.31. The number of hydrogen-bond donors (Lipinski definition) is 1. The zero-order valence-electron chi connectivity index (χ0n) is 17.3. The lowest BCUT2D eigenvalue weighted by Gasteiger charge is -2.36. The fraction of sp³-hybridized carbons (Fsp3) is 0.304. The minimum absolute atomic E-state index is 0.127. The largest absolute Gasteiger partial charge is 0.497 e. The van der Waals surface area contributed by atoms with Crippen LogP contribution in [0.15, 0.2) is 53.9 Å². The number of aryl methyl sites for hydroxylation is 1. The third kappa shape index (κ3) is 4.57. The number of methoxy groups -OCH3 is 1. The minimum Gasteiger partial charge on any atom is -0.497 e. The van der Waals surface area contributed by atoms with E-state index >= 15 is 0 Å². The van der Waals surface area contributed by atoms with Crippen molar-refractivity contribution in [3.63, 3.8) is 0 Å². The first kappa shape index (κ1) is 20.2. The number of anilines is 2. The van der Waals surface area contributed by atoms with Crippen molar-refractivity contribution in [2.24, 2.45) is 0 Å². The molecule has 4 rings (SSSR count). The first-order valence-electron chi connectivity index (χ1n) is 10.1. The summed E-state index contributed by atoms with van der Waals surface area (Å²) in [7, 11) is 1.68. The van der Waals surface area contributed by atoms with Gasteiger partial charge in [0.2, 0.25) is 0 Å². The lowest BCUT2D eigenvalue weighted by molar-refractivity contribution is 0.0946. The van der Waals surface area contributed by atoms with E-state index in [1.807, 2.05) is 48.7 Å². The number of rotatable bonds is 6. The van der Waals surface area contributed by atoms with E-state index in [9.17, 15) is 4.79 Å². The minimum atomic E-state index is -0.127. The summed E-state index contributed by atoms with van der Waals surface area (Å²) in [4.78, 5) is 21.7. The number of carbonyl (C=O) groups is 1. The van der Waals surface area contributed by atoms with Crippen molar-refractivity contribution < 1.29 is 9.53 Å². The summed E-state index contributed by atoms with van der Waals surface area (Å²) in [6.07, 6.45) is 0. The van der Waals surface area contributed by atoms with Crippen LogP contribution >= 0.6 is 11.3 Å². The topological polar surface area (TPSA) is 57.7 Å². The predicted octanol–water partition coefficient (Wildman–Crippen LogP) is 3.72. The maximum atomic E-state index is 12.5. The molecule has 0 saturated carbocycles. The molecule has 0 radical (unpaired) electrons. The Labute approximate surface area is 181 Å². The van der Waals surface area contributed by atoms with E-state index in [4.69, 9.17) is 4.74 Å². The Morgan fingerprint density at radius 1 is 1.07 bits per heavy atom. The second-order valence-electron chi connectivity index (χ2n) is 7.30. The number of amides is 1. The molecule has 0 aliphatic carbocycles. The Hall–Kier alpha value is -3.06. The average Bonchev–Trinajstić information content (AvgIpc) is 3.29. The maximum absolute atomic E-state index is 12.5. The molecule has 1 aliphatic rings. The number of piperazine rings is 1. The van der Waals surface area contributed by atoms with Gasteiger partial charge in [0, 0.05) is 43.8 Å². The van der Waals surface area contributed by atoms with Crippen LogP contribution < -0.4 is 19.9 Å². The fourth-order valence-corrected chi connectivity index (χ4v) is 4.40. The van der Waals surface area contributed by atoms with Gasteiger partial charge in [0.05, 0.1) is 7.11 Å². The molecule has 1 aromatic heterocycles. The highest BCUT2D eigenvalue weighted by Crippen LogP contribution is 2.25.